The molecule has 0 aliphatic carbocycles. The smallest absolute Gasteiger partial charge is 0.383 e. The molecule has 0 saturated carbocycles. The van der Waals surface area contributed by atoms with Gasteiger partial charge in [-0.3, -0.25) is 19.4 Å². The summed E-state index contributed by atoms with van der Waals surface area (Å²) in [6.07, 6.45) is -0.118. The van der Waals surface area contributed by atoms with Crippen LogP contribution in [0, 0.1) is 55.4 Å². The summed E-state index contributed by atoms with van der Waals surface area (Å²) in [5.74, 6) is 8.61. The van der Waals surface area contributed by atoms with Crippen molar-refractivity contribution in [2.24, 2.45) is 0 Å². The van der Waals surface area contributed by atoms with Crippen LogP contribution < -0.4 is 22.1 Å². The lowest BCUT2D eigenvalue weighted by atomic mass is 10.0. The number of nitrogen functional groups attached to an aromatic ring is 2. The molecule has 12 nitrogen and oxygen atoms in total. The molecule has 2 fully saturated rings. The van der Waals surface area contributed by atoms with E-state index in [0.29, 0.717) is 47.0 Å². The van der Waals surface area contributed by atoms with Crippen molar-refractivity contribution in [3.8, 4) is 24.2 Å². The molecule has 440 valence electrons. The fraction of sp³-hybridized carbons (Fsp3) is 0.273. The first-order valence-electron chi connectivity index (χ1n) is 27.3. The van der Waals surface area contributed by atoms with Crippen molar-refractivity contribution in [2.45, 2.75) is 53.1 Å². The summed E-state index contributed by atoms with van der Waals surface area (Å²) in [7, 11) is 4.00. The van der Waals surface area contributed by atoms with Crippen molar-refractivity contribution in [3.05, 3.63) is 197 Å². The average molecular weight is 1270 g/mol. The fourth-order valence-corrected chi connectivity index (χ4v) is 10.3. The minimum Gasteiger partial charge on any atom is -0.383 e. The van der Waals surface area contributed by atoms with Crippen LogP contribution in [0.15, 0.2) is 122 Å². The summed E-state index contributed by atoms with van der Waals surface area (Å²) >= 11 is 2.23. The topological polar surface area (TPSA) is 149 Å². The number of nitrogens with two attached hydrogens (primary N) is 2. The molecule has 0 bridgehead atoms. The van der Waals surface area contributed by atoms with Gasteiger partial charge in [0.2, 0.25) is 0 Å². The number of carbonyl (C=O) groups excluding carboxylic acids is 2. The average Bonchev–Trinajstić information content (AvgIpc) is 3.38. The number of aromatic nitrogens is 2. The predicted molar refractivity (Wildman–Crippen MR) is 335 cm³/mol. The minimum atomic E-state index is -4.55. The van der Waals surface area contributed by atoms with Gasteiger partial charge in [0.1, 0.15) is 11.6 Å². The third-order valence-corrected chi connectivity index (χ3v) is 16.0. The van der Waals surface area contributed by atoms with Crippen molar-refractivity contribution >= 4 is 79.0 Å². The van der Waals surface area contributed by atoms with Crippen LogP contribution >= 0.6 is 22.6 Å². The van der Waals surface area contributed by atoms with Gasteiger partial charge in [0, 0.05) is 133 Å². The molecule has 2 aliphatic rings. The van der Waals surface area contributed by atoms with Crippen molar-refractivity contribution < 1.29 is 35.9 Å². The molecule has 2 aromatic heterocycles. The highest BCUT2D eigenvalue weighted by molar-refractivity contribution is 14.1. The van der Waals surface area contributed by atoms with Gasteiger partial charge in [0.05, 0.1) is 20.3 Å². The number of hydrogen-bond donors (Lipinski definition) is 4. The summed E-state index contributed by atoms with van der Waals surface area (Å²) < 4.78 is 84.1. The number of piperazine rings is 2. The summed E-state index contributed by atoms with van der Waals surface area (Å²) in [5.41, 5.74) is 17.3. The second-order valence-corrected chi connectivity index (χ2v) is 22.5. The largest absolute Gasteiger partial charge is 0.416 e. The Morgan fingerprint density at radius 1 is 0.565 bits per heavy atom. The van der Waals surface area contributed by atoms with Crippen LogP contribution in [0.2, 0.25) is 0 Å². The van der Waals surface area contributed by atoms with E-state index >= 15 is 0 Å². The number of alkyl halides is 6. The molecule has 8 aromatic rings. The number of nitrogens with one attached hydrogen (secondary N) is 2. The van der Waals surface area contributed by atoms with Gasteiger partial charge in [-0.05, 0) is 141 Å². The molecule has 4 heterocycles. The SMILES string of the molecule is C#Cc1cc(C(=O)Nc2ccc(CN3CCN(C)CC3)c(C(F)(F)F)c2)ccc1C.Cc1ccc2cnc(N)c(C#Cc3cc(C(=O)Nc4ccc(CN5CCN(C)CC5)c(C(F)(F)F)c4)ccc3C)c2c1.Cc1ccc2cnc(N)c(I)c2c1. The highest BCUT2D eigenvalue weighted by Gasteiger charge is 2.36. The monoisotopic (exact) mass is 1270 g/mol. The van der Waals surface area contributed by atoms with Gasteiger partial charge in [-0.15, -0.1) is 6.42 Å². The quantitative estimate of drug-likeness (QED) is 0.0658. The fourth-order valence-electron chi connectivity index (χ4n) is 9.74. The van der Waals surface area contributed by atoms with Crippen LogP contribution in [0.1, 0.15) is 81.9 Å². The molecule has 2 aliphatic heterocycles. The number of nitrogens with zero attached hydrogens (tertiary/aromatic N) is 6. The van der Waals surface area contributed by atoms with Crippen molar-refractivity contribution in [3.63, 3.8) is 0 Å². The molecule has 85 heavy (non-hydrogen) atoms. The van der Waals surface area contributed by atoms with E-state index in [4.69, 9.17) is 17.9 Å². The van der Waals surface area contributed by atoms with E-state index in [9.17, 15) is 35.9 Å². The van der Waals surface area contributed by atoms with Gasteiger partial charge in [0.15, 0.2) is 0 Å². The van der Waals surface area contributed by atoms with Crippen LogP contribution in [0.5, 0.6) is 0 Å². The minimum absolute atomic E-state index is 0.0765. The molecule has 0 atom stereocenters. The molecule has 19 heteroatoms. The van der Waals surface area contributed by atoms with Gasteiger partial charge < -0.3 is 31.9 Å². The second kappa shape index (κ2) is 27.3. The summed E-state index contributed by atoms with van der Waals surface area (Å²) in [5, 5.41) is 9.31. The van der Waals surface area contributed by atoms with E-state index in [1.807, 2.05) is 69.1 Å². The Balaban J connectivity index is 0.000000189. The van der Waals surface area contributed by atoms with E-state index in [-0.39, 0.29) is 41.2 Å². The Hall–Kier alpha value is -8.05. The van der Waals surface area contributed by atoms with Crippen molar-refractivity contribution in [2.75, 3.05) is 88.6 Å². The molecule has 0 spiro atoms. The number of fused-ring (bicyclic) bond motifs is 2. The first kappa shape index (κ1) is 63.0. The Morgan fingerprint density at radius 2 is 1.00 bits per heavy atom. The molecule has 2 saturated heterocycles. The number of pyridine rings is 2. The zero-order valence-electron chi connectivity index (χ0n) is 48.0. The van der Waals surface area contributed by atoms with Crippen LogP contribution in [0.4, 0.5) is 49.4 Å². The van der Waals surface area contributed by atoms with Crippen molar-refractivity contribution in [1.82, 2.24) is 29.6 Å². The first-order chi connectivity index (χ1) is 40.3. The highest BCUT2D eigenvalue weighted by atomic mass is 127. The maximum atomic E-state index is 14.0. The number of anilines is 4. The van der Waals surface area contributed by atoms with Gasteiger partial charge in [-0.25, -0.2) is 9.97 Å². The molecule has 10 rings (SSSR count). The first-order valence-corrected chi connectivity index (χ1v) is 28.4. The Morgan fingerprint density at radius 3 is 1.47 bits per heavy atom. The number of terminal acetylenes is 1. The van der Waals surface area contributed by atoms with Gasteiger partial charge in [-0.2, -0.15) is 26.3 Å². The molecule has 2 amide bonds. The lowest BCUT2D eigenvalue weighted by molar-refractivity contribution is -0.139. The van der Waals surface area contributed by atoms with Crippen molar-refractivity contribution in [1.29, 1.82) is 0 Å². The lowest BCUT2D eigenvalue weighted by Crippen LogP contribution is -2.44. The van der Waals surface area contributed by atoms with Gasteiger partial charge in [0.25, 0.3) is 11.8 Å². The van der Waals surface area contributed by atoms with Crippen LogP contribution in [-0.4, -0.2) is 108 Å². The number of rotatable bonds is 8. The van der Waals surface area contributed by atoms with E-state index < -0.39 is 35.3 Å². The van der Waals surface area contributed by atoms with Gasteiger partial charge >= 0.3 is 12.4 Å². The predicted octanol–water partition coefficient (Wildman–Crippen LogP) is 12.6. The summed E-state index contributed by atoms with van der Waals surface area (Å²) in [4.78, 5) is 42.3. The van der Waals surface area contributed by atoms with Crippen LogP contribution in [0.25, 0.3) is 21.5 Å². The van der Waals surface area contributed by atoms with E-state index in [0.717, 1.165) is 87.8 Å². The van der Waals surface area contributed by atoms with E-state index in [2.05, 4.69) is 95.9 Å². The number of aryl methyl sites for hydroxylation is 4. The molecular formula is C66H65F6IN10O2. The third kappa shape index (κ3) is 16.4. The lowest BCUT2D eigenvalue weighted by Gasteiger charge is -2.33. The summed E-state index contributed by atoms with van der Waals surface area (Å²) in [6.45, 7) is 14.3. The third-order valence-electron chi connectivity index (χ3n) is 14.9. The van der Waals surface area contributed by atoms with Gasteiger partial charge in [-0.1, -0.05) is 83.5 Å². The van der Waals surface area contributed by atoms with E-state index in [1.54, 1.807) is 42.6 Å². The molecule has 0 radical (unpaired) electrons. The summed E-state index contributed by atoms with van der Waals surface area (Å²) in [6, 6.07) is 30.0. The van der Waals surface area contributed by atoms with E-state index in [1.165, 1.54) is 35.2 Å². The zero-order valence-corrected chi connectivity index (χ0v) is 50.2. The number of benzene rings is 6. The standard InChI is InChI=1S/C33H32F3N5O.C23H24F3N3O.C10H9IN2/c1-21-4-6-25-19-38-31(37)28(29(25)16-21)11-9-23-17-24(7-5-22(23)2)32(42)39-27-10-8-26(30(18-27)33(34,35)36)20-41-14-12-40(3)13-15-41;1-4-17-13-18(6-5-16(17)2)22(30)27-20-8-7-19(21(14-20)23(24,25)26)15-29-11-9-28(3)10-12-29;1-6-2-3-7-5-13-10(12)9(11)8(7)4-6/h4-8,10,16-19H,12-15,20H2,1-3H3,(H2,37,38)(H,39,42);1,5-8,13-14H,9-12,15H2,2-3H3,(H,27,30);2-5H,1H3,(H2,12,13). The Labute approximate surface area is 505 Å². The molecule has 6 N–H and O–H groups in total. The normalized spacial score (nSPS) is 14.3. The number of halogens is 7. The number of amides is 2. The maximum absolute atomic E-state index is 14.0. The number of carbonyl (C=O) groups is 2. The Bertz CT molecular complexity index is 3880. The number of likely N-dealkylation sites (N-methyl/N-ethyl adjacent to an activating group) is 2. The Kier molecular flexibility index (Phi) is 20.2. The molecular weight excluding hydrogens is 1210 g/mol. The molecule has 0 unspecified atom stereocenters. The second-order valence-electron chi connectivity index (χ2n) is 21.4. The maximum Gasteiger partial charge on any atom is 0.416 e. The van der Waals surface area contributed by atoms with Crippen LogP contribution in [0.3, 0.4) is 0 Å². The number of hydrogen-bond acceptors (Lipinski definition) is 10. The van der Waals surface area contributed by atoms with Crippen LogP contribution in [-0.2, 0) is 25.4 Å². The highest BCUT2D eigenvalue weighted by Crippen LogP contribution is 2.37. The zero-order chi connectivity index (χ0) is 61.3. The molecule has 6 aromatic carbocycles.